The number of aromatic nitrogens is 7. The average molecular weight is 720 g/mol. The molecule has 6 aromatic rings. The zero-order valence-corrected chi connectivity index (χ0v) is 29.8. The Labute approximate surface area is 297 Å². The normalized spacial score (nSPS) is 24.5. The van der Waals surface area contributed by atoms with Crippen molar-refractivity contribution >= 4 is 61.2 Å². The van der Waals surface area contributed by atoms with E-state index in [1.165, 1.54) is 6.07 Å². The number of benzene rings is 2. The lowest BCUT2D eigenvalue weighted by atomic mass is 9.92. The molecule has 9 rings (SSSR count). The van der Waals surface area contributed by atoms with Gasteiger partial charge in [-0.2, -0.15) is 20.2 Å². The van der Waals surface area contributed by atoms with E-state index in [2.05, 4.69) is 15.1 Å². The van der Waals surface area contributed by atoms with Crippen LogP contribution in [0.4, 0.5) is 14.6 Å². The third-order valence-corrected chi connectivity index (χ3v) is 11.6. The lowest BCUT2D eigenvalue weighted by molar-refractivity contribution is -0.0123. The van der Waals surface area contributed by atoms with Crippen LogP contribution in [0.1, 0.15) is 38.7 Å². The van der Waals surface area contributed by atoms with Crippen LogP contribution >= 0.6 is 11.6 Å². The average Bonchev–Trinajstić information content (AvgIpc) is 3.89. The molecule has 2 aromatic carbocycles. The summed E-state index contributed by atoms with van der Waals surface area (Å²) in [7, 11) is 3.79. The molecule has 2 N–H and O–H groups in total. The van der Waals surface area contributed by atoms with Gasteiger partial charge in [0.05, 0.1) is 58.5 Å². The number of β-amino-alcohol motifs (C(OH)–C–C–N with tert-alkyl or cyclic N) is 1. The molecule has 0 aliphatic carbocycles. The first-order valence-electron chi connectivity index (χ1n) is 17.6. The molecule has 3 atom stereocenters. The van der Waals surface area contributed by atoms with Crippen molar-refractivity contribution in [1.29, 1.82) is 0 Å². The number of nitrogens with one attached hydrogen (secondary N) is 1. The van der Waals surface area contributed by atoms with Gasteiger partial charge < -0.3 is 24.0 Å². The molecule has 0 radical (unpaired) electrons. The lowest BCUT2D eigenvalue weighted by Gasteiger charge is -2.31. The minimum atomic E-state index is -1.14. The predicted molar refractivity (Wildman–Crippen MR) is 192 cm³/mol. The number of H-pyrrole nitrogens is 1. The van der Waals surface area contributed by atoms with Crippen LogP contribution in [0.15, 0.2) is 18.3 Å². The van der Waals surface area contributed by atoms with E-state index in [0.29, 0.717) is 82.1 Å². The highest BCUT2D eigenvalue weighted by molar-refractivity contribution is 6.42. The number of nitrogens with zero attached hydrogens (tertiary/aromatic N) is 8. The van der Waals surface area contributed by atoms with Gasteiger partial charge in [0.2, 0.25) is 0 Å². The maximum absolute atomic E-state index is 15.5. The summed E-state index contributed by atoms with van der Waals surface area (Å²) in [4.78, 5) is 14.2. The molecule has 3 aliphatic heterocycles. The molecule has 51 heavy (non-hydrogen) atoms. The van der Waals surface area contributed by atoms with Gasteiger partial charge in [-0.05, 0) is 55.8 Å². The van der Waals surface area contributed by atoms with Crippen LogP contribution in [0.2, 0.25) is 5.02 Å². The van der Waals surface area contributed by atoms with Crippen molar-refractivity contribution in [3.8, 4) is 17.3 Å². The highest BCUT2D eigenvalue weighted by atomic mass is 35.5. The van der Waals surface area contributed by atoms with Crippen LogP contribution < -0.4 is 9.64 Å². The maximum atomic E-state index is 15.5. The summed E-state index contributed by atoms with van der Waals surface area (Å²) in [6.07, 6.45) is 3.54. The van der Waals surface area contributed by atoms with Crippen LogP contribution in [0.5, 0.6) is 6.01 Å². The topological polar surface area (TPSA) is 122 Å². The Hall–Kier alpha value is -4.11. The second kappa shape index (κ2) is 11.7. The number of alkyl halides is 1. The molecule has 0 spiro atoms. The number of rotatable bonds is 6. The summed E-state index contributed by atoms with van der Waals surface area (Å²) in [5.74, 6) is 0.257. The van der Waals surface area contributed by atoms with Gasteiger partial charge in [-0.1, -0.05) is 18.5 Å². The molecular weight excluding hydrogens is 680 g/mol. The molecule has 7 heterocycles. The predicted octanol–water partition coefficient (Wildman–Crippen LogP) is 5.45. The third kappa shape index (κ3) is 4.93. The number of hydrogen-bond donors (Lipinski definition) is 2. The van der Waals surface area contributed by atoms with Crippen molar-refractivity contribution in [1.82, 2.24) is 39.4 Å². The smallest absolute Gasteiger partial charge is 0.320 e. The van der Waals surface area contributed by atoms with Crippen molar-refractivity contribution < 1.29 is 23.4 Å². The van der Waals surface area contributed by atoms with Gasteiger partial charge in [-0.15, -0.1) is 0 Å². The van der Waals surface area contributed by atoms with E-state index in [0.717, 1.165) is 41.2 Å². The molecule has 4 aromatic heterocycles. The first-order chi connectivity index (χ1) is 24.5. The fourth-order valence-corrected chi connectivity index (χ4v) is 9.28. The van der Waals surface area contributed by atoms with Crippen molar-refractivity contribution in [3.05, 3.63) is 34.7 Å². The van der Waals surface area contributed by atoms with Gasteiger partial charge in [0.1, 0.15) is 35.7 Å². The van der Waals surface area contributed by atoms with Gasteiger partial charge in [-0.25, -0.2) is 8.78 Å². The third-order valence-electron chi connectivity index (χ3n) is 11.2. The quantitative estimate of drug-likeness (QED) is 0.232. The minimum Gasteiger partial charge on any atom is -0.461 e. The Kier molecular flexibility index (Phi) is 7.52. The molecule has 0 saturated carbocycles. The Bertz CT molecular complexity index is 2370. The van der Waals surface area contributed by atoms with Crippen LogP contribution in [0, 0.1) is 5.82 Å². The van der Waals surface area contributed by atoms with Crippen molar-refractivity contribution in [2.75, 3.05) is 50.9 Å². The van der Waals surface area contributed by atoms with Crippen LogP contribution in [-0.4, -0.2) is 108 Å². The van der Waals surface area contributed by atoms with Crippen LogP contribution in [0.3, 0.4) is 0 Å². The summed E-state index contributed by atoms with van der Waals surface area (Å²) in [5.41, 5.74) is 3.10. The number of halogens is 3. The molecule has 3 fully saturated rings. The molecule has 0 unspecified atom stereocenters. The summed E-state index contributed by atoms with van der Waals surface area (Å²) >= 11 is 6.94. The van der Waals surface area contributed by atoms with E-state index < -0.39 is 11.8 Å². The van der Waals surface area contributed by atoms with Gasteiger partial charge in [0.15, 0.2) is 5.65 Å². The molecule has 0 amide bonds. The summed E-state index contributed by atoms with van der Waals surface area (Å²) < 4.78 is 46.2. The van der Waals surface area contributed by atoms with Crippen molar-refractivity contribution in [2.45, 2.75) is 56.8 Å². The number of aromatic amines is 1. The van der Waals surface area contributed by atoms with Gasteiger partial charge in [0.25, 0.3) is 0 Å². The van der Waals surface area contributed by atoms with E-state index in [4.69, 9.17) is 36.1 Å². The molecule has 3 saturated heterocycles. The Morgan fingerprint density at radius 2 is 2.00 bits per heavy atom. The molecule has 3 aliphatic rings. The number of anilines is 1. The Morgan fingerprint density at radius 3 is 2.82 bits per heavy atom. The van der Waals surface area contributed by atoms with E-state index >= 15 is 4.39 Å². The number of aryl methyl sites for hydroxylation is 3. The fraction of sp³-hybridized carbons (Fsp3) is 0.500. The second-order valence-electron chi connectivity index (χ2n) is 14.7. The molecular formula is C36H40ClF2N9O3. The fourth-order valence-electron chi connectivity index (χ4n) is 8.98. The monoisotopic (exact) mass is 719 g/mol. The SMILES string of the molecule is CCc1c(F)ccc2c(Cl)c3[nH]ncc3c(-c3nn(C)c4c5c(N6CCOC[C@@](C)(O)C6)nc(OC[C@@]67CCCN6C[C@H](F)C7)nc5n(C)c34)c12. The van der Waals surface area contributed by atoms with Crippen LogP contribution in [0.25, 0.3) is 55.0 Å². The summed E-state index contributed by atoms with van der Waals surface area (Å²) in [5, 5.41) is 27.0. The number of ether oxygens (including phenoxy) is 2. The van der Waals surface area contributed by atoms with Gasteiger partial charge in [0, 0.05) is 49.9 Å². The minimum absolute atomic E-state index is 0.177. The van der Waals surface area contributed by atoms with Gasteiger partial charge >= 0.3 is 6.01 Å². The van der Waals surface area contributed by atoms with Crippen LogP contribution in [-0.2, 0) is 25.3 Å². The first kappa shape index (κ1) is 32.8. The first-order valence-corrected chi connectivity index (χ1v) is 17.9. The van der Waals surface area contributed by atoms with Crippen molar-refractivity contribution in [3.63, 3.8) is 0 Å². The summed E-state index contributed by atoms with van der Waals surface area (Å²) in [6, 6.07) is 3.34. The summed E-state index contributed by atoms with van der Waals surface area (Å²) in [6.45, 7) is 6.53. The second-order valence-corrected chi connectivity index (χ2v) is 15.1. The van der Waals surface area contributed by atoms with Gasteiger partial charge in [-0.3, -0.25) is 14.7 Å². The molecule has 268 valence electrons. The van der Waals surface area contributed by atoms with E-state index in [9.17, 15) is 9.50 Å². The number of fused-ring (bicyclic) bond motifs is 6. The zero-order chi connectivity index (χ0) is 35.4. The standard InChI is InChI=1S/C36H40ClF2N9O3/c1-5-20-23(39)8-7-21-24(20)25(22-14-40-43-28(22)27(21)37)29-31-30(46(4)44-29)26-32(45(31)3)41-34(42-33(26)47-11-12-50-17-35(2,49)16-47)51-18-36-9-6-10-48(36)15-19(38)13-36/h7-8,14,19,49H,5-6,9-13,15-18H2,1-4H3,(H,40,43)/t19-,35+,36+/m1/s1. The lowest BCUT2D eigenvalue weighted by Crippen LogP contribution is -2.44. The maximum Gasteiger partial charge on any atom is 0.320 e. The Balaban J connectivity index is 1.30. The molecule has 15 heteroatoms. The number of hydrogen-bond acceptors (Lipinski definition) is 9. The Morgan fingerprint density at radius 1 is 1.16 bits per heavy atom. The molecule has 0 bridgehead atoms. The highest BCUT2D eigenvalue weighted by Gasteiger charge is 2.49. The largest absolute Gasteiger partial charge is 0.461 e. The number of aliphatic hydroxyl groups is 1. The molecule has 12 nitrogen and oxygen atoms in total. The van der Waals surface area contributed by atoms with E-state index in [1.807, 2.05) is 30.5 Å². The highest BCUT2D eigenvalue weighted by Crippen LogP contribution is 2.47. The van der Waals surface area contributed by atoms with E-state index in [1.54, 1.807) is 23.9 Å². The zero-order valence-electron chi connectivity index (χ0n) is 29.1. The van der Waals surface area contributed by atoms with E-state index in [-0.39, 0.29) is 37.1 Å². The van der Waals surface area contributed by atoms with Crippen molar-refractivity contribution in [2.24, 2.45) is 14.1 Å².